The fourth-order valence-corrected chi connectivity index (χ4v) is 3.97. The van der Waals surface area contributed by atoms with Gasteiger partial charge in [0, 0.05) is 29.4 Å². The van der Waals surface area contributed by atoms with E-state index in [0.29, 0.717) is 6.61 Å². The molecule has 0 unspecified atom stereocenters. The Balaban J connectivity index is 1.77. The first kappa shape index (κ1) is 19.5. The van der Waals surface area contributed by atoms with Crippen LogP contribution in [0.1, 0.15) is 19.4 Å². The van der Waals surface area contributed by atoms with Gasteiger partial charge in [-0.3, -0.25) is 0 Å². The number of halogens is 1. The molecule has 0 aliphatic carbocycles. The van der Waals surface area contributed by atoms with E-state index in [1.807, 2.05) is 36.4 Å². The molecule has 0 spiro atoms. The lowest BCUT2D eigenvalue weighted by molar-refractivity contribution is 0.224. The van der Waals surface area contributed by atoms with E-state index >= 15 is 0 Å². The second-order valence-corrected chi connectivity index (χ2v) is 7.26. The summed E-state index contributed by atoms with van der Waals surface area (Å²) < 4.78 is 22.6. The van der Waals surface area contributed by atoms with Crippen LogP contribution in [0, 0.1) is 5.82 Å². The first-order valence-electron chi connectivity index (χ1n) is 10.3. The molecule has 1 heterocycles. The summed E-state index contributed by atoms with van der Waals surface area (Å²) in [5.74, 6) is 0.589. The minimum Gasteiger partial charge on any atom is -0.492 e. The Bertz CT molecular complexity index is 1100. The standard InChI is InChI=1S/C25H27FN2O/c1-3-27(4-2)15-16-29-24-12-8-11-23-25(24)21-17-20(26)13-14-22(21)28(23)18-19-9-6-5-7-10-19/h5-14,17H,3-4,15-16,18H2,1-2H3. The van der Waals surface area contributed by atoms with Crippen LogP contribution in [0.25, 0.3) is 21.8 Å². The molecule has 0 aliphatic rings. The second kappa shape index (κ2) is 8.66. The molecule has 3 nitrogen and oxygen atoms in total. The van der Waals surface area contributed by atoms with Crippen LogP contribution in [0.15, 0.2) is 66.7 Å². The summed E-state index contributed by atoms with van der Waals surface area (Å²) in [5, 5.41) is 1.88. The number of benzene rings is 3. The minimum atomic E-state index is -0.228. The summed E-state index contributed by atoms with van der Waals surface area (Å²) in [4.78, 5) is 2.33. The number of nitrogens with zero attached hydrogens (tertiary/aromatic N) is 2. The van der Waals surface area contributed by atoms with Crippen molar-refractivity contribution in [2.24, 2.45) is 0 Å². The lowest BCUT2D eigenvalue weighted by atomic mass is 10.1. The van der Waals surface area contributed by atoms with Gasteiger partial charge in [-0.1, -0.05) is 50.2 Å². The zero-order valence-corrected chi connectivity index (χ0v) is 17.1. The van der Waals surface area contributed by atoms with Gasteiger partial charge in [-0.2, -0.15) is 0 Å². The van der Waals surface area contributed by atoms with E-state index in [9.17, 15) is 4.39 Å². The molecule has 29 heavy (non-hydrogen) atoms. The summed E-state index contributed by atoms with van der Waals surface area (Å²) in [6, 6.07) is 21.5. The average molecular weight is 391 g/mol. The highest BCUT2D eigenvalue weighted by molar-refractivity contribution is 6.11. The zero-order chi connectivity index (χ0) is 20.2. The molecule has 4 heteroatoms. The van der Waals surface area contributed by atoms with Crippen molar-refractivity contribution in [2.45, 2.75) is 20.4 Å². The fraction of sp³-hybridized carbons (Fsp3) is 0.280. The normalized spacial score (nSPS) is 11.6. The van der Waals surface area contributed by atoms with Crippen molar-refractivity contribution >= 4 is 21.8 Å². The van der Waals surface area contributed by atoms with Crippen molar-refractivity contribution < 1.29 is 9.13 Å². The maximum absolute atomic E-state index is 14.1. The smallest absolute Gasteiger partial charge is 0.129 e. The molecule has 0 saturated heterocycles. The highest BCUT2D eigenvalue weighted by Crippen LogP contribution is 2.36. The van der Waals surface area contributed by atoms with Crippen LogP contribution in [0.4, 0.5) is 4.39 Å². The Kier molecular flexibility index (Phi) is 5.81. The van der Waals surface area contributed by atoms with E-state index < -0.39 is 0 Å². The van der Waals surface area contributed by atoms with Crippen molar-refractivity contribution in [1.29, 1.82) is 0 Å². The van der Waals surface area contributed by atoms with Crippen LogP contribution in [0.5, 0.6) is 5.75 Å². The van der Waals surface area contributed by atoms with Gasteiger partial charge in [0.2, 0.25) is 0 Å². The highest BCUT2D eigenvalue weighted by atomic mass is 19.1. The van der Waals surface area contributed by atoms with Crippen LogP contribution in [-0.2, 0) is 6.54 Å². The third kappa shape index (κ3) is 3.99. The number of fused-ring (bicyclic) bond motifs is 3. The molecule has 150 valence electrons. The molecule has 0 atom stereocenters. The number of hydrogen-bond acceptors (Lipinski definition) is 2. The molecule has 0 amide bonds. The summed E-state index contributed by atoms with van der Waals surface area (Å²) in [6.07, 6.45) is 0. The predicted octanol–water partition coefficient (Wildman–Crippen LogP) is 5.70. The van der Waals surface area contributed by atoms with Crippen molar-refractivity contribution in [3.63, 3.8) is 0 Å². The van der Waals surface area contributed by atoms with Gasteiger partial charge in [-0.25, -0.2) is 4.39 Å². The van der Waals surface area contributed by atoms with Crippen molar-refractivity contribution in [1.82, 2.24) is 9.47 Å². The van der Waals surface area contributed by atoms with Gasteiger partial charge in [-0.15, -0.1) is 0 Å². The SMILES string of the molecule is CCN(CC)CCOc1cccc2c1c1cc(F)ccc1n2Cc1ccccc1. The molecule has 1 aromatic heterocycles. The number of hydrogen-bond donors (Lipinski definition) is 0. The van der Waals surface area contributed by atoms with Gasteiger partial charge < -0.3 is 14.2 Å². The summed E-state index contributed by atoms with van der Waals surface area (Å²) in [7, 11) is 0. The second-order valence-electron chi connectivity index (χ2n) is 7.26. The third-order valence-corrected chi connectivity index (χ3v) is 5.56. The predicted molar refractivity (Wildman–Crippen MR) is 118 cm³/mol. The first-order valence-corrected chi connectivity index (χ1v) is 10.3. The monoisotopic (exact) mass is 390 g/mol. The van der Waals surface area contributed by atoms with Crippen LogP contribution in [0.2, 0.25) is 0 Å². The van der Waals surface area contributed by atoms with E-state index in [2.05, 4.69) is 41.5 Å². The summed E-state index contributed by atoms with van der Waals surface area (Å²) >= 11 is 0. The van der Waals surface area contributed by atoms with Crippen LogP contribution in [0.3, 0.4) is 0 Å². The minimum absolute atomic E-state index is 0.228. The Morgan fingerprint density at radius 1 is 0.897 bits per heavy atom. The van der Waals surface area contributed by atoms with Crippen LogP contribution < -0.4 is 4.74 Å². The first-order chi connectivity index (χ1) is 14.2. The average Bonchev–Trinajstić information content (AvgIpc) is 3.05. The fourth-order valence-electron chi connectivity index (χ4n) is 3.97. The van der Waals surface area contributed by atoms with Gasteiger partial charge in [0.1, 0.15) is 18.2 Å². The van der Waals surface area contributed by atoms with Crippen LogP contribution >= 0.6 is 0 Å². The summed E-state index contributed by atoms with van der Waals surface area (Å²) in [5.41, 5.74) is 3.29. The zero-order valence-electron chi connectivity index (χ0n) is 17.1. The number of rotatable bonds is 8. The van der Waals surface area contributed by atoms with E-state index in [1.165, 1.54) is 11.6 Å². The summed E-state index contributed by atoms with van der Waals surface area (Å²) in [6.45, 7) is 8.54. The molecular weight excluding hydrogens is 363 g/mol. The van der Waals surface area contributed by atoms with E-state index in [1.54, 1.807) is 6.07 Å². The third-order valence-electron chi connectivity index (χ3n) is 5.56. The molecule has 4 aromatic rings. The molecule has 0 aliphatic heterocycles. The lowest BCUT2D eigenvalue weighted by Gasteiger charge is -2.18. The quantitative estimate of drug-likeness (QED) is 0.384. The van der Waals surface area contributed by atoms with Crippen molar-refractivity contribution in [3.8, 4) is 5.75 Å². The van der Waals surface area contributed by atoms with Gasteiger partial charge in [-0.05, 0) is 49.0 Å². The Morgan fingerprint density at radius 3 is 2.45 bits per heavy atom. The highest BCUT2D eigenvalue weighted by Gasteiger charge is 2.16. The molecule has 0 saturated carbocycles. The van der Waals surface area contributed by atoms with E-state index in [4.69, 9.17) is 4.74 Å². The molecule has 0 bridgehead atoms. The van der Waals surface area contributed by atoms with E-state index in [0.717, 1.165) is 53.7 Å². The molecule has 0 N–H and O–H groups in total. The largest absolute Gasteiger partial charge is 0.492 e. The molecule has 4 rings (SSSR count). The topological polar surface area (TPSA) is 17.4 Å². The van der Waals surface area contributed by atoms with Gasteiger partial charge in [0.25, 0.3) is 0 Å². The van der Waals surface area contributed by atoms with Crippen molar-refractivity contribution in [3.05, 3.63) is 78.1 Å². The number of ether oxygens (including phenoxy) is 1. The maximum Gasteiger partial charge on any atom is 0.129 e. The van der Waals surface area contributed by atoms with Gasteiger partial charge in [0.15, 0.2) is 0 Å². The maximum atomic E-state index is 14.1. The Labute approximate surface area is 171 Å². The molecule has 0 radical (unpaired) electrons. The Hall–Kier alpha value is -2.85. The van der Waals surface area contributed by atoms with Crippen molar-refractivity contribution in [2.75, 3.05) is 26.2 Å². The van der Waals surface area contributed by atoms with Gasteiger partial charge in [0.05, 0.1) is 5.52 Å². The number of aromatic nitrogens is 1. The molecule has 3 aromatic carbocycles. The molecular formula is C25H27FN2O. The van der Waals surface area contributed by atoms with Gasteiger partial charge >= 0.3 is 0 Å². The van der Waals surface area contributed by atoms with Crippen LogP contribution in [-0.4, -0.2) is 35.7 Å². The Morgan fingerprint density at radius 2 is 1.69 bits per heavy atom. The number of likely N-dealkylation sites (N-methyl/N-ethyl adjacent to an activating group) is 1. The lowest BCUT2D eigenvalue weighted by Crippen LogP contribution is -2.27. The van der Waals surface area contributed by atoms with E-state index in [-0.39, 0.29) is 5.82 Å². The molecule has 0 fully saturated rings.